The van der Waals surface area contributed by atoms with Crippen molar-refractivity contribution in [2.24, 2.45) is 5.73 Å². The lowest BCUT2D eigenvalue weighted by Gasteiger charge is -2.27. The van der Waals surface area contributed by atoms with Gasteiger partial charge in [0.1, 0.15) is 5.82 Å². The van der Waals surface area contributed by atoms with Gasteiger partial charge in [-0.05, 0) is 26.2 Å². The first-order chi connectivity index (χ1) is 9.48. The molecular weight excluding hydrogens is 254 g/mol. The van der Waals surface area contributed by atoms with Gasteiger partial charge in [-0.15, -0.1) is 0 Å². The van der Waals surface area contributed by atoms with Crippen LogP contribution in [-0.2, 0) is 24.2 Å². The number of hydrogen-bond acceptors (Lipinski definition) is 4. The molecular formula is C14H25N5O. The van der Waals surface area contributed by atoms with Gasteiger partial charge in [-0.25, -0.2) is 9.67 Å². The zero-order valence-electron chi connectivity index (χ0n) is 12.6. The van der Waals surface area contributed by atoms with Gasteiger partial charge >= 0.3 is 0 Å². The average Bonchev–Trinajstić information content (AvgIpc) is 3.13. The van der Waals surface area contributed by atoms with Gasteiger partial charge in [0.25, 0.3) is 0 Å². The molecule has 112 valence electrons. The first-order valence-electron chi connectivity index (χ1n) is 7.48. The SMILES string of the molecule is CCc1nc(CC)n(CCC(C)(NC2CC2)C(N)=O)n1. The number of carbonyl (C=O) groups excluding carboxylic acids is 1. The summed E-state index contributed by atoms with van der Waals surface area (Å²) in [5.41, 5.74) is 4.90. The number of aromatic nitrogens is 3. The van der Waals surface area contributed by atoms with Crippen molar-refractivity contribution in [3.05, 3.63) is 11.6 Å². The van der Waals surface area contributed by atoms with Crippen molar-refractivity contribution in [1.29, 1.82) is 0 Å². The van der Waals surface area contributed by atoms with E-state index in [1.807, 2.05) is 18.5 Å². The Bertz CT molecular complexity index is 480. The van der Waals surface area contributed by atoms with Crippen LogP contribution in [0.5, 0.6) is 0 Å². The number of carbonyl (C=O) groups is 1. The van der Waals surface area contributed by atoms with Crippen molar-refractivity contribution in [3.8, 4) is 0 Å². The van der Waals surface area contributed by atoms with E-state index in [1.165, 1.54) is 0 Å². The number of nitrogens with one attached hydrogen (secondary N) is 1. The van der Waals surface area contributed by atoms with Gasteiger partial charge in [0.2, 0.25) is 5.91 Å². The Hall–Kier alpha value is -1.43. The Morgan fingerprint density at radius 2 is 2.15 bits per heavy atom. The Morgan fingerprint density at radius 3 is 2.65 bits per heavy atom. The van der Waals surface area contributed by atoms with E-state index < -0.39 is 5.54 Å². The lowest BCUT2D eigenvalue weighted by molar-refractivity contribution is -0.124. The molecule has 1 aromatic rings. The molecule has 1 heterocycles. The summed E-state index contributed by atoms with van der Waals surface area (Å²) in [6.07, 6.45) is 4.57. The summed E-state index contributed by atoms with van der Waals surface area (Å²) in [6, 6.07) is 0.445. The highest BCUT2D eigenvalue weighted by Crippen LogP contribution is 2.24. The van der Waals surface area contributed by atoms with Crippen LogP contribution < -0.4 is 11.1 Å². The average molecular weight is 279 g/mol. The fraction of sp³-hybridized carbons (Fsp3) is 0.786. The molecule has 0 aliphatic heterocycles. The van der Waals surface area contributed by atoms with E-state index in [-0.39, 0.29) is 5.91 Å². The lowest BCUT2D eigenvalue weighted by atomic mass is 9.96. The highest BCUT2D eigenvalue weighted by atomic mass is 16.1. The topological polar surface area (TPSA) is 85.8 Å². The quantitative estimate of drug-likeness (QED) is 0.736. The molecule has 1 atom stereocenters. The second-order valence-corrected chi connectivity index (χ2v) is 5.74. The molecule has 0 aromatic carbocycles. The fourth-order valence-corrected chi connectivity index (χ4v) is 2.29. The van der Waals surface area contributed by atoms with E-state index in [2.05, 4.69) is 22.3 Å². The highest BCUT2D eigenvalue weighted by molar-refractivity contribution is 5.84. The van der Waals surface area contributed by atoms with Crippen LogP contribution in [-0.4, -0.2) is 32.3 Å². The van der Waals surface area contributed by atoms with Gasteiger partial charge in [0, 0.05) is 25.4 Å². The maximum Gasteiger partial charge on any atom is 0.237 e. The van der Waals surface area contributed by atoms with E-state index in [0.29, 0.717) is 19.0 Å². The van der Waals surface area contributed by atoms with Crippen LogP contribution in [0.25, 0.3) is 0 Å². The molecule has 3 N–H and O–H groups in total. The van der Waals surface area contributed by atoms with Gasteiger partial charge in [0.05, 0.1) is 5.54 Å². The predicted octanol–water partition coefficient (Wildman–Crippen LogP) is 0.789. The molecule has 6 heteroatoms. The van der Waals surface area contributed by atoms with E-state index in [9.17, 15) is 4.79 Å². The summed E-state index contributed by atoms with van der Waals surface area (Å²) >= 11 is 0. The van der Waals surface area contributed by atoms with Crippen LogP contribution in [0.15, 0.2) is 0 Å². The molecule has 1 aromatic heterocycles. The van der Waals surface area contributed by atoms with E-state index in [4.69, 9.17) is 5.73 Å². The predicted molar refractivity (Wildman–Crippen MR) is 77.2 cm³/mol. The molecule has 1 fully saturated rings. The van der Waals surface area contributed by atoms with Crippen molar-refractivity contribution >= 4 is 5.91 Å². The van der Waals surface area contributed by atoms with E-state index >= 15 is 0 Å². The second kappa shape index (κ2) is 5.91. The Labute approximate surface area is 120 Å². The Balaban J connectivity index is 2.04. The summed E-state index contributed by atoms with van der Waals surface area (Å²) in [5.74, 6) is 1.54. The van der Waals surface area contributed by atoms with Crippen molar-refractivity contribution in [2.75, 3.05) is 0 Å². The third kappa shape index (κ3) is 3.36. The smallest absolute Gasteiger partial charge is 0.237 e. The standard InChI is InChI=1S/C14H25N5O/c1-4-11-16-12(5-2)19(18-11)9-8-14(3,13(15)20)17-10-6-7-10/h10,17H,4-9H2,1-3H3,(H2,15,20). The van der Waals surface area contributed by atoms with Gasteiger partial charge in [-0.2, -0.15) is 5.10 Å². The zero-order valence-corrected chi connectivity index (χ0v) is 12.6. The van der Waals surface area contributed by atoms with Crippen LogP contribution in [0.4, 0.5) is 0 Å². The third-order valence-corrected chi connectivity index (χ3v) is 3.89. The zero-order chi connectivity index (χ0) is 14.8. The molecule has 1 aliphatic rings. The molecule has 1 saturated carbocycles. The molecule has 1 aliphatic carbocycles. The molecule has 1 amide bonds. The van der Waals surface area contributed by atoms with Gasteiger partial charge < -0.3 is 11.1 Å². The number of nitrogens with zero attached hydrogens (tertiary/aromatic N) is 3. The Kier molecular flexibility index (Phi) is 4.42. The molecule has 6 nitrogen and oxygen atoms in total. The van der Waals surface area contributed by atoms with Crippen LogP contribution in [0.2, 0.25) is 0 Å². The van der Waals surface area contributed by atoms with Crippen LogP contribution >= 0.6 is 0 Å². The molecule has 0 bridgehead atoms. The van der Waals surface area contributed by atoms with Crippen molar-refractivity contribution in [3.63, 3.8) is 0 Å². The summed E-state index contributed by atoms with van der Waals surface area (Å²) in [6.45, 7) is 6.66. The summed E-state index contributed by atoms with van der Waals surface area (Å²) in [4.78, 5) is 16.2. The number of hydrogen-bond donors (Lipinski definition) is 2. The monoisotopic (exact) mass is 279 g/mol. The maximum atomic E-state index is 11.7. The van der Waals surface area contributed by atoms with Gasteiger partial charge in [-0.1, -0.05) is 13.8 Å². The number of rotatable bonds is 8. The molecule has 2 rings (SSSR count). The first kappa shape index (κ1) is 15.0. The lowest BCUT2D eigenvalue weighted by Crippen LogP contribution is -2.54. The Morgan fingerprint density at radius 1 is 1.45 bits per heavy atom. The molecule has 1 unspecified atom stereocenters. The summed E-state index contributed by atoms with van der Waals surface area (Å²) in [7, 11) is 0. The van der Waals surface area contributed by atoms with Crippen molar-refractivity contribution in [2.45, 2.75) is 71.0 Å². The molecule has 0 radical (unpaired) electrons. The number of amides is 1. The van der Waals surface area contributed by atoms with Gasteiger partial charge in [0.15, 0.2) is 5.82 Å². The highest BCUT2D eigenvalue weighted by Gasteiger charge is 2.36. The summed E-state index contributed by atoms with van der Waals surface area (Å²) < 4.78 is 1.91. The normalized spacial score (nSPS) is 17.9. The minimum absolute atomic E-state index is 0.293. The minimum Gasteiger partial charge on any atom is -0.368 e. The molecule has 20 heavy (non-hydrogen) atoms. The van der Waals surface area contributed by atoms with E-state index in [0.717, 1.165) is 37.3 Å². The number of primary amides is 1. The first-order valence-corrected chi connectivity index (χ1v) is 7.48. The molecule has 0 saturated heterocycles. The van der Waals surface area contributed by atoms with E-state index in [1.54, 1.807) is 0 Å². The molecule has 0 spiro atoms. The largest absolute Gasteiger partial charge is 0.368 e. The maximum absolute atomic E-state index is 11.7. The van der Waals surface area contributed by atoms with Crippen molar-refractivity contribution < 1.29 is 4.79 Å². The fourth-order valence-electron chi connectivity index (χ4n) is 2.29. The van der Waals surface area contributed by atoms with Crippen LogP contribution in [0.3, 0.4) is 0 Å². The van der Waals surface area contributed by atoms with Gasteiger partial charge in [-0.3, -0.25) is 4.79 Å². The van der Waals surface area contributed by atoms with Crippen molar-refractivity contribution in [1.82, 2.24) is 20.1 Å². The minimum atomic E-state index is -0.662. The summed E-state index contributed by atoms with van der Waals surface area (Å²) in [5, 5.41) is 7.84. The number of aryl methyl sites for hydroxylation is 3. The van der Waals surface area contributed by atoms with Crippen LogP contribution in [0.1, 0.15) is 51.7 Å². The van der Waals surface area contributed by atoms with Crippen LogP contribution in [0, 0.1) is 0 Å². The number of nitrogens with two attached hydrogens (primary N) is 1. The third-order valence-electron chi connectivity index (χ3n) is 3.89. The second-order valence-electron chi connectivity index (χ2n) is 5.74.